The van der Waals surface area contributed by atoms with Gasteiger partial charge in [0.2, 0.25) is 0 Å². The molecule has 0 bridgehead atoms. The molecule has 0 amide bonds. The summed E-state index contributed by atoms with van der Waals surface area (Å²) < 4.78 is 18.6. The molecule has 0 saturated carbocycles. The van der Waals surface area contributed by atoms with Crippen molar-refractivity contribution in [2.45, 2.75) is 5.92 Å². The summed E-state index contributed by atoms with van der Waals surface area (Å²) in [7, 11) is 0. The Bertz CT molecular complexity index is 622. The van der Waals surface area contributed by atoms with Crippen molar-refractivity contribution in [2.24, 2.45) is 0 Å². The summed E-state index contributed by atoms with van der Waals surface area (Å²) in [5.41, 5.74) is 0.704. The minimum absolute atomic E-state index is 0.0517. The largest absolute Gasteiger partial charge is 0.486 e. The molecule has 0 saturated heterocycles. The van der Waals surface area contributed by atoms with Crippen molar-refractivity contribution in [3.05, 3.63) is 70.0 Å². The Balaban J connectivity index is 2.14. The molecule has 2 rings (SSSR count). The smallest absolute Gasteiger partial charge is 0.313 e. The van der Waals surface area contributed by atoms with Gasteiger partial charge in [-0.05, 0) is 17.7 Å². The van der Waals surface area contributed by atoms with Gasteiger partial charge in [0.25, 0.3) is 0 Å². The molecule has 0 N–H and O–H groups in total. The number of hydrogen-bond acceptors (Lipinski definition) is 3. The van der Waals surface area contributed by atoms with Crippen LogP contribution in [0.1, 0.15) is 11.5 Å². The fraction of sp³-hybridized carbons (Fsp3) is 0.200. The minimum atomic E-state index is -0.658. The molecule has 1 unspecified atom stereocenters. The highest BCUT2D eigenvalue weighted by Crippen LogP contribution is 2.29. The summed E-state index contributed by atoms with van der Waals surface area (Å²) in [4.78, 5) is 10.3. The van der Waals surface area contributed by atoms with Crippen LogP contribution in [0, 0.1) is 15.9 Å². The van der Waals surface area contributed by atoms with E-state index in [1.165, 1.54) is 6.07 Å². The monoisotopic (exact) mass is 353 g/mol. The summed E-state index contributed by atoms with van der Waals surface area (Å²) in [6, 6.07) is 13.0. The molecule has 110 valence electrons. The summed E-state index contributed by atoms with van der Waals surface area (Å²) in [6.07, 6.45) is 0. The zero-order valence-electron chi connectivity index (χ0n) is 11.0. The maximum Gasteiger partial charge on any atom is 0.313 e. The van der Waals surface area contributed by atoms with Crippen LogP contribution in [0.25, 0.3) is 0 Å². The van der Waals surface area contributed by atoms with Crippen LogP contribution in [0.15, 0.2) is 48.5 Å². The maximum absolute atomic E-state index is 13.1. The number of alkyl halides is 1. The Morgan fingerprint density at radius 3 is 2.57 bits per heavy atom. The Morgan fingerprint density at radius 2 is 1.95 bits per heavy atom. The second kappa shape index (κ2) is 7.17. The summed E-state index contributed by atoms with van der Waals surface area (Å²) in [5, 5.41) is 11.6. The van der Waals surface area contributed by atoms with E-state index in [1.807, 2.05) is 30.3 Å². The van der Waals surface area contributed by atoms with Crippen LogP contribution in [0.4, 0.5) is 10.1 Å². The lowest BCUT2D eigenvalue weighted by Gasteiger charge is -2.15. The van der Waals surface area contributed by atoms with Crippen molar-refractivity contribution in [1.82, 2.24) is 0 Å². The fourth-order valence-electron chi connectivity index (χ4n) is 1.90. The third-order valence-corrected chi connectivity index (χ3v) is 3.80. The van der Waals surface area contributed by atoms with Crippen LogP contribution in [0.5, 0.6) is 5.75 Å². The highest BCUT2D eigenvalue weighted by Gasteiger charge is 2.18. The van der Waals surface area contributed by atoms with E-state index < -0.39 is 10.7 Å². The molecule has 0 fully saturated rings. The first kappa shape index (κ1) is 15.4. The summed E-state index contributed by atoms with van der Waals surface area (Å²) in [5.74, 6) is -0.534. The average Bonchev–Trinajstić information content (AvgIpc) is 2.50. The quantitative estimate of drug-likeness (QED) is 0.442. The van der Waals surface area contributed by atoms with Crippen LogP contribution >= 0.6 is 15.9 Å². The molecule has 2 aromatic carbocycles. The number of benzene rings is 2. The third kappa shape index (κ3) is 4.01. The van der Waals surface area contributed by atoms with Gasteiger partial charge in [0.1, 0.15) is 5.82 Å². The summed E-state index contributed by atoms with van der Waals surface area (Å²) in [6.45, 7) is 0.266. The number of nitrogens with zero attached hydrogens (tertiary/aromatic N) is 1. The van der Waals surface area contributed by atoms with Crippen molar-refractivity contribution < 1.29 is 14.1 Å². The molecule has 0 aromatic heterocycles. The molecule has 21 heavy (non-hydrogen) atoms. The number of hydrogen-bond donors (Lipinski definition) is 0. The highest BCUT2D eigenvalue weighted by atomic mass is 79.9. The van der Waals surface area contributed by atoms with Crippen LogP contribution in [-0.4, -0.2) is 16.9 Å². The fourth-order valence-corrected chi connectivity index (χ4v) is 2.46. The topological polar surface area (TPSA) is 52.4 Å². The second-order valence-electron chi connectivity index (χ2n) is 4.44. The van der Waals surface area contributed by atoms with E-state index in [-0.39, 0.29) is 24.0 Å². The molecular formula is C15H13BrFNO3. The van der Waals surface area contributed by atoms with Gasteiger partial charge in [0.05, 0.1) is 17.6 Å². The van der Waals surface area contributed by atoms with Gasteiger partial charge in [-0.3, -0.25) is 10.1 Å². The van der Waals surface area contributed by atoms with Crippen LogP contribution in [-0.2, 0) is 0 Å². The minimum Gasteiger partial charge on any atom is -0.486 e. The Kier molecular flexibility index (Phi) is 5.27. The lowest BCUT2D eigenvalue weighted by atomic mass is 10.0. The van der Waals surface area contributed by atoms with E-state index in [9.17, 15) is 14.5 Å². The van der Waals surface area contributed by atoms with E-state index in [4.69, 9.17) is 4.74 Å². The predicted octanol–water partition coefficient (Wildman–Crippen LogP) is 4.29. The van der Waals surface area contributed by atoms with Crippen molar-refractivity contribution in [1.29, 1.82) is 0 Å². The third-order valence-electron chi connectivity index (χ3n) is 3.01. The van der Waals surface area contributed by atoms with Gasteiger partial charge in [-0.1, -0.05) is 46.3 Å². The van der Waals surface area contributed by atoms with Crippen LogP contribution < -0.4 is 4.74 Å². The van der Waals surface area contributed by atoms with Crippen LogP contribution in [0.3, 0.4) is 0 Å². The van der Waals surface area contributed by atoms with E-state index in [0.717, 1.165) is 17.7 Å². The van der Waals surface area contributed by atoms with Crippen molar-refractivity contribution >= 4 is 21.6 Å². The number of nitro benzene ring substituents is 1. The number of halogens is 2. The molecule has 4 nitrogen and oxygen atoms in total. The first-order valence-corrected chi connectivity index (χ1v) is 7.41. The molecule has 0 aliphatic heterocycles. The second-order valence-corrected chi connectivity index (χ2v) is 5.09. The number of rotatable bonds is 6. The van der Waals surface area contributed by atoms with Gasteiger partial charge in [-0.15, -0.1) is 0 Å². The lowest BCUT2D eigenvalue weighted by molar-refractivity contribution is -0.386. The van der Waals surface area contributed by atoms with E-state index in [2.05, 4.69) is 15.9 Å². The number of nitro groups is 1. The maximum atomic E-state index is 13.1. The first-order chi connectivity index (χ1) is 10.1. The molecule has 1 atom stereocenters. The average molecular weight is 354 g/mol. The van der Waals surface area contributed by atoms with Gasteiger partial charge < -0.3 is 4.74 Å². The molecule has 0 heterocycles. The van der Waals surface area contributed by atoms with E-state index in [0.29, 0.717) is 5.33 Å². The van der Waals surface area contributed by atoms with Crippen molar-refractivity contribution in [2.75, 3.05) is 11.9 Å². The first-order valence-electron chi connectivity index (χ1n) is 6.29. The van der Waals surface area contributed by atoms with Gasteiger partial charge in [0.15, 0.2) is 5.75 Å². The molecule has 0 radical (unpaired) electrons. The van der Waals surface area contributed by atoms with Crippen molar-refractivity contribution in [3.63, 3.8) is 0 Å². The van der Waals surface area contributed by atoms with E-state index >= 15 is 0 Å². The number of ether oxygens (including phenoxy) is 1. The molecule has 0 spiro atoms. The van der Waals surface area contributed by atoms with E-state index in [1.54, 1.807) is 0 Å². The molecule has 2 aromatic rings. The molecule has 0 aliphatic rings. The normalized spacial score (nSPS) is 11.9. The van der Waals surface area contributed by atoms with Crippen LogP contribution in [0.2, 0.25) is 0 Å². The molecule has 6 heteroatoms. The Labute approximate surface area is 129 Å². The van der Waals surface area contributed by atoms with Gasteiger partial charge in [-0.2, -0.15) is 0 Å². The van der Waals surface area contributed by atoms with Gasteiger partial charge in [-0.25, -0.2) is 4.39 Å². The zero-order chi connectivity index (χ0) is 15.2. The van der Waals surface area contributed by atoms with Gasteiger partial charge >= 0.3 is 5.69 Å². The summed E-state index contributed by atoms with van der Waals surface area (Å²) >= 11 is 3.41. The lowest BCUT2D eigenvalue weighted by Crippen LogP contribution is -2.12. The predicted molar refractivity (Wildman–Crippen MR) is 81.5 cm³/mol. The van der Waals surface area contributed by atoms with Gasteiger partial charge in [0, 0.05) is 11.2 Å². The Morgan fingerprint density at radius 1 is 1.24 bits per heavy atom. The SMILES string of the molecule is O=[N+]([O-])c1cc(F)ccc1OCC(CBr)c1ccccc1. The Hall–Kier alpha value is -1.95. The highest BCUT2D eigenvalue weighted by molar-refractivity contribution is 9.09. The zero-order valence-corrected chi connectivity index (χ0v) is 12.6. The molecule has 0 aliphatic carbocycles. The molecular weight excluding hydrogens is 341 g/mol. The standard InChI is InChI=1S/C15H13BrFNO3/c16-9-12(11-4-2-1-3-5-11)10-21-15-7-6-13(17)8-14(15)18(19)20/h1-8,12H,9-10H2. The van der Waals surface area contributed by atoms with Crippen molar-refractivity contribution in [3.8, 4) is 5.75 Å².